The lowest BCUT2D eigenvalue weighted by Crippen LogP contribution is -2.04. The first-order chi connectivity index (χ1) is 13.4. The Labute approximate surface area is 164 Å². The van der Waals surface area contributed by atoms with Gasteiger partial charge in [-0.1, -0.05) is 99.1 Å². The van der Waals surface area contributed by atoms with Crippen molar-refractivity contribution in [1.82, 2.24) is 0 Å². The summed E-state index contributed by atoms with van der Waals surface area (Å²) in [5.74, 6) is 1.75. The highest BCUT2D eigenvalue weighted by molar-refractivity contribution is 5.80. The van der Waals surface area contributed by atoms with Gasteiger partial charge in [-0.05, 0) is 65.3 Å². The molecule has 0 amide bonds. The van der Waals surface area contributed by atoms with E-state index in [2.05, 4.69) is 48.5 Å². The molecule has 0 aromatic heterocycles. The smallest absolute Gasteiger partial charge is 0.00575 e. The van der Waals surface area contributed by atoms with E-state index in [1.165, 1.54) is 92.9 Å². The largest absolute Gasteiger partial charge is 0.0649 e. The van der Waals surface area contributed by atoms with E-state index in [0.29, 0.717) is 0 Å². The van der Waals surface area contributed by atoms with Crippen LogP contribution < -0.4 is 0 Å². The van der Waals surface area contributed by atoms with E-state index in [1.807, 2.05) is 0 Å². The molecule has 0 spiro atoms. The predicted octanol–water partition coefficient (Wildman–Crippen LogP) is 7.92. The lowest BCUT2D eigenvalue weighted by atomic mass is 9.83. The number of rotatable bonds is 4. The first kappa shape index (κ1) is 17.3. The van der Waals surface area contributed by atoms with Gasteiger partial charge in [0.15, 0.2) is 0 Å². The molecule has 5 rings (SSSR count). The normalized spacial score (nSPS) is 20.7. The zero-order valence-corrected chi connectivity index (χ0v) is 16.6. The number of hydrogen-bond acceptors (Lipinski definition) is 0. The highest BCUT2D eigenvalue weighted by atomic mass is 14.3. The van der Waals surface area contributed by atoms with Crippen LogP contribution in [0.4, 0.5) is 0 Å². The molecule has 0 bridgehead atoms. The lowest BCUT2D eigenvalue weighted by Gasteiger charge is -2.22. The predicted molar refractivity (Wildman–Crippen MR) is 116 cm³/mol. The molecule has 0 saturated heterocycles. The minimum Gasteiger partial charge on any atom is -0.0649 e. The molecule has 0 unspecified atom stereocenters. The zero-order valence-electron chi connectivity index (χ0n) is 16.6. The summed E-state index contributed by atoms with van der Waals surface area (Å²) in [6.45, 7) is 0. The lowest BCUT2D eigenvalue weighted by molar-refractivity contribution is 0.443. The van der Waals surface area contributed by atoms with Gasteiger partial charge < -0.3 is 0 Å². The van der Waals surface area contributed by atoms with Crippen molar-refractivity contribution in [3.63, 3.8) is 0 Å². The minimum absolute atomic E-state index is 0.798. The van der Waals surface area contributed by atoms with Crippen molar-refractivity contribution in [2.24, 2.45) is 5.92 Å². The van der Waals surface area contributed by atoms with Crippen molar-refractivity contribution in [2.75, 3.05) is 0 Å². The van der Waals surface area contributed by atoms with Gasteiger partial charge in [-0.15, -0.1) is 0 Å². The maximum atomic E-state index is 2.53. The fourth-order valence-corrected chi connectivity index (χ4v) is 5.78. The van der Waals surface area contributed by atoms with Gasteiger partial charge in [0, 0.05) is 0 Å². The summed E-state index contributed by atoms with van der Waals surface area (Å²) in [7, 11) is 0. The molecule has 3 aliphatic carbocycles. The van der Waals surface area contributed by atoms with Crippen molar-refractivity contribution in [2.45, 2.75) is 76.5 Å². The van der Waals surface area contributed by atoms with E-state index < -0.39 is 0 Å². The zero-order chi connectivity index (χ0) is 18.1. The summed E-state index contributed by atoms with van der Waals surface area (Å²) in [5, 5.41) is 0. The summed E-state index contributed by atoms with van der Waals surface area (Å²) in [6, 6.07) is 16.5. The van der Waals surface area contributed by atoms with E-state index in [0.717, 1.165) is 11.8 Å². The van der Waals surface area contributed by atoms with Crippen LogP contribution >= 0.6 is 0 Å². The summed E-state index contributed by atoms with van der Waals surface area (Å²) >= 11 is 0. The van der Waals surface area contributed by atoms with Gasteiger partial charge in [-0.2, -0.15) is 0 Å². The minimum atomic E-state index is 0.798. The number of benzene rings is 2. The van der Waals surface area contributed by atoms with E-state index in [-0.39, 0.29) is 0 Å². The Bertz CT molecular complexity index is 812. The molecule has 0 heteroatoms. The third-order valence-corrected chi connectivity index (χ3v) is 7.29. The van der Waals surface area contributed by atoms with Gasteiger partial charge in [0.05, 0.1) is 0 Å². The van der Waals surface area contributed by atoms with E-state index in [1.54, 1.807) is 11.1 Å². The quantitative estimate of drug-likeness (QED) is 0.522. The van der Waals surface area contributed by atoms with Crippen molar-refractivity contribution in [3.8, 4) is 11.1 Å². The fraction of sp³-hybridized carbons (Fsp3) is 0.481. The van der Waals surface area contributed by atoms with Crippen LogP contribution in [0.5, 0.6) is 0 Å². The van der Waals surface area contributed by atoms with Crippen LogP contribution in [0, 0.1) is 5.92 Å². The SMILES string of the molecule is C1=C(CC2CCCC2)Cc2cccc(-c3ccc(C4CCCCC4)cc3)c21. The second kappa shape index (κ2) is 7.66. The van der Waals surface area contributed by atoms with Gasteiger partial charge in [0.2, 0.25) is 0 Å². The van der Waals surface area contributed by atoms with E-state index in [4.69, 9.17) is 0 Å². The Kier molecular flexibility index (Phi) is 4.91. The number of allylic oxidation sites excluding steroid dienone is 1. The van der Waals surface area contributed by atoms with Gasteiger partial charge in [-0.25, -0.2) is 0 Å². The van der Waals surface area contributed by atoms with Crippen molar-refractivity contribution >= 4 is 6.08 Å². The molecule has 140 valence electrons. The van der Waals surface area contributed by atoms with Crippen LogP contribution in [0.2, 0.25) is 0 Å². The van der Waals surface area contributed by atoms with Crippen LogP contribution in [-0.4, -0.2) is 0 Å². The van der Waals surface area contributed by atoms with Gasteiger partial charge in [0.1, 0.15) is 0 Å². The molecule has 0 nitrogen and oxygen atoms in total. The molecule has 2 aromatic rings. The highest BCUT2D eigenvalue weighted by Gasteiger charge is 2.22. The molecule has 0 aliphatic heterocycles. The number of fused-ring (bicyclic) bond motifs is 1. The van der Waals surface area contributed by atoms with Crippen LogP contribution in [0.1, 0.15) is 86.8 Å². The van der Waals surface area contributed by atoms with E-state index >= 15 is 0 Å². The molecule has 2 aromatic carbocycles. The highest BCUT2D eigenvalue weighted by Crippen LogP contribution is 2.39. The molecular weight excluding hydrogens is 324 g/mol. The number of hydrogen-bond donors (Lipinski definition) is 0. The monoisotopic (exact) mass is 356 g/mol. The second-order valence-electron chi connectivity index (χ2n) is 9.17. The summed E-state index contributed by atoms with van der Waals surface area (Å²) in [4.78, 5) is 0. The second-order valence-corrected chi connectivity index (χ2v) is 9.17. The molecule has 0 N–H and O–H groups in total. The molecular formula is C27H32. The van der Waals surface area contributed by atoms with Crippen molar-refractivity contribution in [1.29, 1.82) is 0 Å². The fourth-order valence-electron chi connectivity index (χ4n) is 5.78. The molecule has 2 fully saturated rings. The Morgan fingerprint density at radius 1 is 0.741 bits per heavy atom. The molecule has 2 saturated carbocycles. The molecule has 0 radical (unpaired) electrons. The first-order valence-corrected chi connectivity index (χ1v) is 11.3. The molecule has 3 aliphatic rings. The Hall–Kier alpha value is -1.82. The van der Waals surface area contributed by atoms with Gasteiger partial charge in [0.25, 0.3) is 0 Å². The van der Waals surface area contributed by atoms with Crippen LogP contribution in [0.25, 0.3) is 17.2 Å². The maximum Gasteiger partial charge on any atom is -0.00575 e. The third kappa shape index (κ3) is 3.64. The Morgan fingerprint density at radius 3 is 2.26 bits per heavy atom. The van der Waals surface area contributed by atoms with Crippen LogP contribution in [-0.2, 0) is 6.42 Å². The molecule has 27 heavy (non-hydrogen) atoms. The Balaban J connectivity index is 1.38. The Morgan fingerprint density at radius 2 is 1.48 bits per heavy atom. The average molecular weight is 357 g/mol. The average Bonchev–Trinajstić information content (AvgIpc) is 3.38. The first-order valence-electron chi connectivity index (χ1n) is 11.3. The van der Waals surface area contributed by atoms with Crippen LogP contribution in [0.3, 0.4) is 0 Å². The van der Waals surface area contributed by atoms with Crippen molar-refractivity contribution in [3.05, 3.63) is 64.7 Å². The third-order valence-electron chi connectivity index (χ3n) is 7.29. The van der Waals surface area contributed by atoms with Crippen LogP contribution in [0.15, 0.2) is 48.0 Å². The van der Waals surface area contributed by atoms with Gasteiger partial charge in [-0.3, -0.25) is 0 Å². The van der Waals surface area contributed by atoms with E-state index in [9.17, 15) is 0 Å². The maximum absolute atomic E-state index is 2.53. The molecule has 0 heterocycles. The summed E-state index contributed by atoms with van der Waals surface area (Å²) < 4.78 is 0. The summed E-state index contributed by atoms with van der Waals surface area (Å²) in [6.07, 6.45) is 17.8. The van der Waals surface area contributed by atoms with Crippen molar-refractivity contribution < 1.29 is 0 Å². The summed E-state index contributed by atoms with van der Waals surface area (Å²) in [5.41, 5.74) is 9.09. The topological polar surface area (TPSA) is 0 Å². The van der Waals surface area contributed by atoms with Gasteiger partial charge >= 0.3 is 0 Å². The standard InChI is InChI=1S/C27H32/c1-2-9-22(10-3-1)23-13-15-24(16-14-23)26-12-6-11-25-18-21(19-27(25)26)17-20-7-4-5-8-20/h6,11-16,19-20,22H,1-5,7-10,17-18H2. The molecule has 0 atom stereocenters.